The number of benzene rings is 1. The van der Waals surface area contributed by atoms with Gasteiger partial charge in [-0.1, -0.05) is 30.3 Å². The molecule has 2 heterocycles. The first kappa shape index (κ1) is 16.2. The van der Waals surface area contributed by atoms with Gasteiger partial charge in [0.05, 0.1) is 19.8 Å². The summed E-state index contributed by atoms with van der Waals surface area (Å²) < 4.78 is 11.0. The number of hydrogen-bond acceptors (Lipinski definition) is 6. The molecule has 2 fully saturated rings. The summed E-state index contributed by atoms with van der Waals surface area (Å²) in [6.07, 6.45) is 2.24. The highest BCUT2D eigenvalue weighted by molar-refractivity contribution is 5.83. The number of hydrogen-bond donors (Lipinski definition) is 1. The van der Waals surface area contributed by atoms with Gasteiger partial charge in [0.25, 0.3) is 0 Å². The minimum atomic E-state index is -0.435. The summed E-state index contributed by atoms with van der Waals surface area (Å²) >= 11 is 0. The number of nitrogens with zero attached hydrogens (tertiary/aromatic N) is 3. The summed E-state index contributed by atoms with van der Waals surface area (Å²) in [7, 11) is 0. The summed E-state index contributed by atoms with van der Waals surface area (Å²) in [4.78, 5) is 14.8. The molecule has 1 N–H and O–H groups in total. The highest BCUT2D eigenvalue weighted by Gasteiger charge is 2.30. The third kappa shape index (κ3) is 3.88. The van der Waals surface area contributed by atoms with Gasteiger partial charge in [0.15, 0.2) is 0 Å². The van der Waals surface area contributed by atoms with Crippen LogP contribution in [0, 0.1) is 0 Å². The number of carbonyl (C=O) groups excluding carboxylic acids is 1. The summed E-state index contributed by atoms with van der Waals surface area (Å²) in [6.45, 7) is 2.78. The topological polar surface area (TPSA) is 80.5 Å². The Bertz CT molecular complexity index is 708. The number of aromatic nitrogens is 2. The van der Waals surface area contributed by atoms with Gasteiger partial charge in [-0.15, -0.1) is 10.2 Å². The Morgan fingerprint density at radius 2 is 1.96 bits per heavy atom. The minimum Gasteiger partial charge on any atom is -0.424 e. The van der Waals surface area contributed by atoms with Crippen LogP contribution >= 0.6 is 0 Å². The fraction of sp³-hybridized carbons (Fsp3) is 0.500. The van der Waals surface area contributed by atoms with Gasteiger partial charge < -0.3 is 14.1 Å². The van der Waals surface area contributed by atoms with E-state index in [-0.39, 0.29) is 5.91 Å². The zero-order chi connectivity index (χ0) is 17.1. The molecule has 1 atom stereocenters. The average Bonchev–Trinajstić information content (AvgIpc) is 3.42. The first-order chi connectivity index (χ1) is 12.3. The predicted octanol–water partition coefficient (Wildman–Crippen LogP) is 1.64. The fourth-order valence-electron chi connectivity index (χ4n) is 2.98. The van der Waals surface area contributed by atoms with Gasteiger partial charge in [0, 0.05) is 19.0 Å². The van der Waals surface area contributed by atoms with Crippen LogP contribution in [0.3, 0.4) is 0 Å². The lowest BCUT2D eigenvalue weighted by atomic mass is 10.1. The highest BCUT2D eigenvalue weighted by atomic mass is 16.5. The van der Waals surface area contributed by atoms with Crippen molar-refractivity contribution in [1.82, 2.24) is 20.4 Å². The predicted molar refractivity (Wildman–Crippen MR) is 89.7 cm³/mol. The summed E-state index contributed by atoms with van der Waals surface area (Å²) in [5.41, 5.74) is 0.931. The molecular weight excluding hydrogens is 320 g/mol. The molecule has 1 aromatic carbocycles. The molecule has 132 valence electrons. The van der Waals surface area contributed by atoms with Crippen LogP contribution in [-0.2, 0) is 16.1 Å². The van der Waals surface area contributed by atoms with Crippen LogP contribution in [0.25, 0.3) is 0 Å². The van der Waals surface area contributed by atoms with Crippen LogP contribution in [0.2, 0.25) is 0 Å². The molecule has 2 aliphatic rings. The molecule has 1 aromatic heterocycles. The second-order valence-corrected chi connectivity index (χ2v) is 6.47. The lowest BCUT2D eigenvalue weighted by Crippen LogP contribution is -2.46. The summed E-state index contributed by atoms with van der Waals surface area (Å²) in [6, 6.07) is 9.30. The van der Waals surface area contributed by atoms with Crippen LogP contribution in [0.4, 0.5) is 0 Å². The highest BCUT2D eigenvalue weighted by Crippen LogP contribution is 2.39. The van der Waals surface area contributed by atoms with Crippen molar-refractivity contribution in [3.05, 3.63) is 47.7 Å². The Labute approximate surface area is 146 Å². The number of carbonyl (C=O) groups is 1. The summed E-state index contributed by atoms with van der Waals surface area (Å²) in [5, 5.41) is 11.5. The van der Waals surface area contributed by atoms with E-state index >= 15 is 0 Å². The first-order valence-electron chi connectivity index (χ1n) is 8.78. The number of ether oxygens (including phenoxy) is 1. The summed E-state index contributed by atoms with van der Waals surface area (Å²) in [5.74, 6) is 1.72. The van der Waals surface area contributed by atoms with Gasteiger partial charge in [-0.2, -0.15) is 0 Å². The lowest BCUT2D eigenvalue weighted by molar-refractivity contribution is -0.137. The van der Waals surface area contributed by atoms with Gasteiger partial charge in [-0.3, -0.25) is 10.1 Å². The number of nitrogens with one attached hydrogen (secondary N) is 1. The largest absolute Gasteiger partial charge is 0.424 e. The van der Waals surface area contributed by atoms with Crippen molar-refractivity contribution in [2.45, 2.75) is 31.3 Å². The fourth-order valence-corrected chi connectivity index (χ4v) is 2.98. The molecule has 0 radical (unpaired) electrons. The Morgan fingerprint density at radius 1 is 1.20 bits per heavy atom. The Balaban J connectivity index is 1.47. The van der Waals surface area contributed by atoms with E-state index in [2.05, 4.69) is 15.5 Å². The van der Waals surface area contributed by atoms with E-state index in [0.717, 1.165) is 18.4 Å². The molecule has 0 bridgehead atoms. The smallest absolute Gasteiger partial charge is 0.244 e. The molecular formula is C18H22N4O3. The molecule has 1 saturated carbocycles. The van der Waals surface area contributed by atoms with Crippen LogP contribution < -0.4 is 5.32 Å². The van der Waals surface area contributed by atoms with E-state index in [1.165, 1.54) is 0 Å². The third-order valence-electron chi connectivity index (χ3n) is 4.57. The third-order valence-corrected chi connectivity index (χ3v) is 4.57. The molecule has 2 aromatic rings. The number of amides is 1. The monoisotopic (exact) mass is 342 g/mol. The van der Waals surface area contributed by atoms with Crippen molar-refractivity contribution in [3.8, 4) is 0 Å². The second-order valence-electron chi connectivity index (χ2n) is 6.47. The van der Waals surface area contributed by atoms with E-state index in [1.807, 2.05) is 35.2 Å². The van der Waals surface area contributed by atoms with Crippen LogP contribution in [0.1, 0.15) is 42.1 Å². The Morgan fingerprint density at radius 3 is 2.68 bits per heavy atom. The number of rotatable bonds is 6. The van der Waals surface area contributed by atoms with Crippen LogP contribution in [0.5, 0.6) is 0 Å². The van der Waals surface area contributed by atoms with Gasteiger partial charge >= 0.3 is 0 Å². The SMILES string of the molecule is O=C(C(NCc1nnc(C2CC2)o1)c1ccccc1)N1CCOCC1. The van der Waals surface area contributed by atoms with Crippen molar-refractivity contribution < 1.29 is 13.9 Å². The molecule has 1 aliphatic carbocycles. The molecule has 0 spiro atoms. The van der Waals surface area contributed by atoms with Crippen LogP contribution in [-0.4, -0.2) is 47.3 Å². The van der Waals surface area contributed by atoms with Gasteiger partial charge in [0.1, 0.15) is 6.04 Å². The maximum Gasteiger partial charge on any atom is 0.244 e. The second kappa shape index (κ2) is 7.33. The van der Waals surface area contributed by atoms with Crippen molar-refractivity contribution in [2.75, 3.05) is 26.3 Å². The zero-order valence-electron chi connectivity index (χ0n) is 14.1. The van der Waals surface area contributed by atoms with Crippen molar-refractivity contribution in [2.24, 2.45) is 0 Å². The molecule has 1 saturated heterocycles. The molecule has 7 heteroatoms. The molecule has 25 heavy (non-hydrogen) atoms. The Kier molecular flexibility index (Phi) is 4.76. The van der Waals surface area contributed by atoms with Crippen molar-refractivity contribution in [1.29, 1.82) is 0 Å². The standard InChI is InChI=1S/C18H22N4O3/c23-18(22-8-10-24-11-9-22)16(13-4-2-1-3-5-13)19-12-15-20-21-17(25-15)14-6-7-14/h1-5,14,16,19H,6-12H2. The zero-order valence-corrected chi connectivity index (χ0v) is 14.1. The van der Waals surface area contributed by atoms with Crippen LogP contribution in [0.15, 0.2) is 34.7 Å². The van der Waals surface area contributed by atoms with Gasteiger partial charge in [-0.25, -0.2) is 0 Å². The molecule has 1 amide bonds. The lowest BCUT2D eigenvalue weighted by Gasteiger charge is -2.30. The van der Waals surface area contributed by atoms with E-state index in [0.29, 0.717) is 50.5 Å². The van der Waals surface area contributed by atoms with E-state index in [1.54, 1.807) is 0 Å². The Hall–Kier alpha value is -2.25. The molecule has 1 aliphatic heterocycles. The quantitative estimate of drug-likeness (QED) is 0.859. The molecule has 1 unspecified atom stereocenters. The van der Waals surface area contributed by atoms with Gasteiger partial charge in [0.2, 0.25) is 17.7 Å². The maximum absolute atomic E-state index is 13.0. The first-order valence-corrected chi connectivity index (χ1v) is 8.78. The average molecular weight is 342 g/mol. The maximum atomic E-state index is 13.0. The van der Waals surface area contributed by atoms with Crippen molar-refractivity contribution in [3.63, 3.8) is 0 Å². The van der Waals surface area contributed by atoms with Gasteiger partial charge in [-0.05, 0) is 18.4 Å². The minimum absolute atomic E-state index is 0.0523. The van der Waals surface area contributed by atoms with Crippen molar-refractivity contribution >= 4 is 5.91 Å². The number of morpholine rings is 1. The van der Waals surface area contributed by atoms with E-state index in [9.17, 15) is 4.79 Å². The van der Waals surface area contributed by atoms with E-state index in [4.69, 9.17) is 9.15 Å². The molecule has 7 nitrogen and oxygen atoms in total. The van der Waals surface area contributed by atoms with E-state index < -0.39 is 6.04 Å². The molecule has 4 rings (SSSR count). The normalized spacial score (nSPS) is 19.0.